The summed E-state index contributed by atoms with van der Waals surface area (Å²) in [5.74, 6) is 5.91. The van der Waals surface area contributed by atoms with Crippen molar-refractivity contribution in [2.24, 2.45) is 0 Å². The van der Waals surface area contributed by atoms with Gasteiger partial charge in [-0.25, -0.2) is 16.8 Å². The van der Waals surface area contributed by atoms with Crippen molar-refractivity contribution >= 4 is 35.6 Å². The maximum Gasteiger partial charge on any atom is 0.200 e. The molecule has 0 saturated carbocycles. The molecule has 2 aromatic rings. The summed E-state index contributed by atoms with van der Waals surface area (Å²) in [6.07, 6.45) is 6.40. The van der Waals surface area contributed by atoms with Gasteiger partial charge in [0.2, 0.25) is 0 Å². The third-order valence-electron chi connectivity index (χ3n) is 5.16. The van der Waals surface area contributed by atoms with Crippen molar-refractivity contribution in [3.8, 4) is 11.8 Å². The van der Waals surface area contributed by atoms with Crippen LogP contribution in [0.1, 0.15) is 45.4 Å². The maximum atomic E-state index is 13.9. The minimum Gasteiger partial charge on any atom is -0.222 e. The molecular formula is C25H29BrO4S2. The highest BCUT2D eigenvalue weighted by molar-refractivity contribution is 9.09. The first kappa shape index (κ1) is 26.4. The van der Waals surface area contributed by atoms with Crippen LogP contribution in [0, 0.1) is 11.8 Å². The molecule has 2 aromatic carbocycles. The number of allylic oxidation sites excluding steroid dienone is 2. The minimum absolute atomic E-state index is 0.0282. The summed E-state index contributed by atoms with van der Waals surface area (Å²) in [6, 6.07) is 15.5. The van der Waals surface area contributed by atoms with E-state index < -0.39 is 23.8 Å². The summed E-state index contributed by atoms with van der Waals surface area (Å²) >= 11 is 3.28. The van der Waals surface area contributed by atoms with Gasteiger partial charge in [-0.15, -0.1) is 11.8 Å². The lowest BCUT2D eigenvalue weighted by Crippen LogP contribution is -2.46. The molecule has 0 aliphatic carbocycles. The van der Waals surface area contributed by atoms with Gasteiger partial charge in [-0.05, 0) is 30.7 Å². The molecule has 0 spiro atoms. The molecule has 0 N–H and O–H groups in total. The first-order valence-electron chi connectivity index (χ1n) is 10.6. The normalized spacial score (nSPS) is 12.4. The van der Waals surface area contributed by atoms with Crippen LogP contribution in [0.4, 0.5) is 0 Å². The van der Waals surface area contributed by atoms with Crippen LogP contribution in [-0.4, -0.2) is 26.2 Å². The number of hydrogen-bond acceptors (Lipinski definition) is 4. The average Bonchev–Trinajstić information content (AvgIpc) is 2.81. The summed E-state index contributed by atoms with van der Waals surface area (Å²) < 4.78 is 53.6. The lowest BCUT2D eigenvalue weighted by atomic mass is 10.2. The Balaban J connectivity index is 2.71. The first-order valence-corrected chi connectivity index (χ1v) is 14.7. The van der Waals surface area contributed by atoms with Gasteiger partial charge in [0.15, 0.2) is 23.8 Å². The Morgan fingerprint density at radius 1 is 0.812 bits per heavy atom. The van der Waals surface area contributed by atoms with Crippen molar-refractivity contribution in [3.63, 3.8) is 0 Å². The van der Waals surface area contributed by atoms with Crippen molar-refractivity contribution in [2.75, 3.05) is 5.33 Å². The lowest BCUT2D eigenvalue weighted by molar-refractivity contribution is 0.539. The molecule has 0 fully saturated rings. The molecule has 0 atom stereocenters. The third kappa shape index (κ3) is 5.92. The van der Waals surface area contributed by atoms with Crippen molar-refractivity contribution < 1.29 is 16.8 Å². The first-order chi connectivity index (χ1) is 15.3. The minimum atomic E-state index is -4.30. The van der Waals surface area contributed by atoms with Crippen LogP contribution in [0.2, 0.25) is 0 Å². The largest absolute Gasteiger partial charge is 0.222 e. The number of alkyl halides is 1. The molecule has 0 radical (unpaired) electrons. The Labute approximate surface area is 201 Å². The van der Waals surface area contributed by atoms with E-state index in [0.29, 0.717) is 11.8 Å². The van der Waals surface area contributed by atoms with Crippen LogP contribution in [0.5, 0.6) is 0 Å². The van der Waals surface area contributed by atoms with E-state index in [2.05, 4.69) is 34.7 Å². The summed E-state index contributed by atoms with van der Waals surface area (Å²) in [5, 5.41) is 0.489. The number of rotatable bonds is 11. The molecule has 32 heavy (non-hydrogen) atoms. The van der Waals surface area contributed by atoms with Crippen molar-refractivity contribution in [2.45, 2.75) is 59.3 Å². The summed E-state index contributed by atoms with van der Waals surface area (Å²) in [7, 11) is -8.61. The predicted octanol–water partition coefficient (Wildman–Crippen LogP) is 5.95. The second-order valence-electron chi connectivity index (χ2n) is 7.36. The zero-order chi connectivity index (χ0) is 23.5. The zero-order valence-corrected chi connectivity index (χ0v) is 21.4. The van der Waals surface area contributed by atoms with E-state index in [9.17, 15) is 16.8 Å². The van der Waals surface area contributed by atoms with E-state index in [1.807, 2.05) is 0 Å². The van der Waals surface area contributed by atoms with Gasteiger partial charge in [-0.3, -0.25) is 0 Å². The van der Waals surface area contributed by atoms with Gasteiger partial charge >= 0.3 is 0 Å². The summed E-state index contributed by atoms with van der Waals surface area (Å²) in [4.78, 5) is -0.0564. The lowest BCUT2D eigenvalue weighted by Gasteiger charge is -2.31. The Kier molecular flexibility index (Phi) is 10.2. The molecule has 0 unspecified atom stereocenters. The highest BCUT2D eigenvalue weighted by Gasteiger charge is 2.55. The molecule has 0 saturated heterocycles. The number of benzene rings is 2. The van der Waals surface area contributed by atoms with Gasteiger partial charge in [0.25, 0.3) is 0 Å². The standard InChI is InChI=1S/C25H29BrO4S2/c1-2-3-4-5-6-13-20-25(21-14-15-22-26,31(27,28)23-16-9-7-10-17-23)32(29,30)24-18-11-8-12-19-24/h7-12,14-19H,2-5,20-22H2,1H3/b15-14+. The van der Waals surface area contributed by atoms with Crippen LogP contribution < -0.4 is 0 Å². The van der Waals surface area contributed by atoms with Gasteiger partial charge < -0.3 is 0 Å². The molecule has 0 aromatic heterocycles. The van der Waals surface area contributed by atoms with E-state index in [4.69, 9.17) is 0 Å². The predicted molar refractivity (Wildman–Crippen MR) is 134 cm³/mol. The number of unbranched alkanes of at least 4 members (excludes halogenated alkanes) is 3. The molecule has 0 aliphatic rings. The number of halogens is 1. The van der Waals surface area contributed by atoms with E-state index in [1.54, 1.807) is 48.6 Å². The molecule has 2 rings (SSSR count). The smallest absolute Gasteiger partial charge is 0.200 e. The fourth-order valence-electron chi connectivity index (χ4n) is 3.33. The molecule has 0 bridgehead atoms. The quantitative estimate of drug-likeness (QED) is 0.154. The monoisotopic (exact) mass is 536 g/mol. The Hall–Kier alpha value is -1.88. The van der Waals surface area contributed by atoms with Gasteiger partial charge in [-0.1, -0.05) is 84.2 Å². The van der Waals surface area contributed by atoms with Crippen LogP contribution in [0.25, 0.3) is 0 Å². The van der Waals surface area contributed by atoms with Gasteiger partial charge in [0, 0.05) is 24.6 Å². The zero-order valence-electron chi connectivity index (χ0n) is 18.2. The molecular weight excluding hydrogens is 508 g/mol. The molecule has 4 nitrogen and oxygen atoms in total. The van der Waals surface area contributed by atoms with Crippen LogP contribution >= 0.6 is 15.9 Å². The topological polar surface area (TPSA) is 68.3 Å². The summed E-state index contributed by atoms with van der Waals surface area (Å²) in [6.45, 7) is 2.09. The molecule has 0 amide bonds. The Morgan fingerprint density at radius 3 is 1.81 bits per heavy atom. The fraction of sp³-hybridized carbons (Fsp3) is 0.360. The van der Waals surface area contributed by atoms with Gasteiger partial charge in [0.1, 0.15) is 0 Å². The van der Waals surface area contributed by atoms with E-state index >= 15 is 0 Å². The van der Waals surface area contributed by atoms with Crippen LogP contribution in [0.15, 0.2) is 82.6 Å². The van der Waals surface area contributed by atoms with E-state index in [0.717, 1.165) is 19.3 Å². The molecule has 172 valence electrons. The second-order valence-corrected chi connectivity index (χ2v) is 12.8. The fourth-order valence-corrected chi connectivity index (χ4v) is 8.37. The van der Waals surface area contributed by atoms with Crippen LogP contribution in [-0.2, 0) is 19.7 Å². The molecule has 7 heteroatoms. The maximum absolute atomic E-state index is 13.9. The molecule has 0 heterocycles. The van der Waals surface area contributed by atoms with E-state index in [-0.39, 0.29) is 22.6 Å². The number of sulfone groups is 2. The van der Waals surface area contributed by atoms with Crippen molar-refractivity contribution in [1.82, 2.24) is 0 Å². The second kappa shape index (κ2) is 12.4. The van der Waals surface area contributed by atoms with Crippen LogP contribution in [0.3, 0.4) is 0 Å². The van der Waals surface area contributed by atoms with E-state index in [1.165, 1.54) is 24.3 Å². The average molecular weight is 538 g/mol. The third-order valence-corrected chi connectivity index (χ3v) is 11.2. The SMILES string of the molecule is CCCCCC#CCC(C/C=C/CBr)(S(=O)(=O)c1ccccc1)S(=O)(=O)c1ccccc1. The van der Waals surface area contributed by atoms with Gasteiger partial charge in [-0.2, -0.15) is 0 Å². The highest BCUT2D eigenvalue weighted by Crippen LogP contribution is 2.41. The van der Waals surface area contributed by atoms with Crippen molar-refractivity contribution in [1.29, 1.82) is 0 Å². The number of hydrogen-bond donors (Lipinski definition) is 0. The van der Waals surface area contributed by atoms with Crippen molar-refractivity contribution in [3.05, 3.63) is 72.8 Å². The Morgan fingerprint density at radius 2 is 1.34 bits per heavy atom. The molecule has 0 aliphatic heterocycles. The summed E-state index contributed by atoms with van der Waals surface area (Å²) in [5.41, 5.74) is 0. The van der Waals surface area contributed by atoms with Gasteiger partial charge in [0.05, 0.1) is 9.79 Å². The highest BCUT2D eigenvalue weighted by atomic mass is 79.9. The Bertz CT molecular complexity index is 1080.